The molecule has 1 aliphatic heterocycles. The summed E-state index contributed by atoms with van der Waals surface area (Å²) in [6.45, 7) is 4.08. The Hall–Kier alpha value is -2.73. The molecular formula is C18H20FN5O4S2. The molecule has 0 radical (unpaired) electrons. The normalized spacial score (nSPS) is 17.4. The molecule has 2 heterocycles. The Labute approximate surface area is 177 Å². The first kappa shape index (κ1) is 22.0. The molecule has 9 nitrogen and oxygen atoms in total. The Morgan fingerprint density at radius 1 is 1.27 bits per heavy atom. The lowest BCUT2D eigenvalue weighted by atomic mass is 10.1. The molecule has 0 saturated carbocycles. The van der Waals surface area contributed by atoms with Crippen LogP contribution in [-0.4, -0.2) is 52.3 Å². The van der Waals surface area contributed by atoms with Gasteiger partial charge in [-0.05, 0) is 30.7 Å². The predicted molar refractivity (Wildman–Crippen MR) is 109 cm³/mol. The number of carbonyl (C=O) groups is 2. The molecule has 2 aromatic rings. The first-order valence-corrected chi connectivity index (χ1v) is 11.8. The van der Waals surface area contributed by atoms with Crippen LogP contribution in [0.5, 0.6) is 0 Å². The second-order valence-electron chi connectivity index (χ2n) is 6.64. The van der Waals surface area contributed by atoms with Gasteiger partial charge in [-0.3, -0.25) is 20.4 Å². The van der Waals surface area contributed by atoms with Crippen LogP contribution < -0.4 is 10.9 Å². The van der Waals surface area contributed by atoms with Crippen molar-refractivity contribution in [2.24, 2.45) is 0 Å². The van der Waals surface area contributed by atoms with E-state index in [2.05, 4.69) is 27.6 Å². The first-order valence-electron chi connectivity index (χ1n) is 9.01. The lowest BCUT2D eigenvalue weighted by Gasteiger charge is -2.11. The molecule has 1 saturated heterocycles. The van der Waals surface area contributed by atoms with E-state index >= 15 is 0 Å². The number of carbonyl (C=O) groups excluding carboxylic acids is 2. The number of hydrazine groups is 1. The highest BCUT2D eigenvalue weighted by molar-refractivity contribution is 7.99. The maximum Gasteiger partial charge on any atom is 0.269 e. The molecule has 1 aliphatic rings. The third-order valence-electron chi connectivity index (χ3n) is 4.41. The summed E-state index contributed by atoms with van der Waals surface area (Å²) in [7, 11) is -3.07. The van der Waals surface area contributed by atoms with Gasteiger partial charge in [0.1, 0.15) is 11.6 Å². The van der Waals surface area contributed by atoms with Gasteiger partial charge in [0.05, 0.1) is 17.3 Å². The van der Waals surface area contributed by atoms with Crippen LogP contribution in [0.1, 0.15) is 28.5 Å². The van der Waals surface area contributed by atoms with E-state index in [1.807, 2.05) is 0 Å². The Balaban J connectivity index is 1.57. The molecule has 2 N–H and O–H groups in total. The average molecular weight is 454 g/mol. The van der Waals surface area contributed by atoms with Crippen molar-refractivity contribution >= 4 is 33.4 Å². The van der Waals surface area contributed by atoms with E-state index in [1.165, 1.54) is 12.1 Å². The van der Waals surface area contributed by atoms with Gasteiger partial charge in [-0.1, -0.05) is 17.8 Å². The predicted octanol–water partition coefficient (Wildman–Crippen LogP) is 1.06. The first-order chi connectivity index (χ1) is 14.3. The quantitative estimate of drug-likeness (QED) is 0.365. The molecule has 12 heteroatoms. The molecule has 1 atom stereocenters. The number of nitrogens with zero attached hydrogens (tertiary/aromatic N) is 3. The molecule has 1 fully saturated rings. The number of hydrogen-bond acceptors (Lipinski definition) is 7. The molecule has 0 unspecified atom stereocenters. The van der Waals surface area contributed by atoms with E-state index in [9.17, 15) is 22.4 Å². The van der Waals surface area contributed by atoms with Crippen molar-refractivity contribution in [1.82, 2.24) is 25.6 Å². The minimum absolute atomic E-state index is 0.0306. The van der Waals surface area contributed by atoms with E-state index in [-0.39, 0.29) is 28.7 Å². The number of benzene rings is 1. The third-order valence-corrected chi connectivity index (χ3v) is 7.14. The summed E-state index contributed by atoms with van der Waals surface area (Å²) < 4.78 is 38.2. The van der Waals surface area contributed by atoms with Crippen LogP contribution >= 0.6 is 11.8 Å². The molecule has 0 spiro atoms. The van der Waals surface area contributed by atoms with Crippen LogP contribution in [-0.2, 0) is 21.2 Å². The van der Waals surface area contributed by atoms with Crippen molar-refractivity contribution in [2.75, 3.05) is 17.3 Å². The summed E-state index contributed by atoms with van der Waals surface area (Å²) in [4.78, 5) is 24.0. The summed E-state index contributed by atoms with van der Waals surface area (Å²) >= 11 is 1.10. The highest BCUT2D eigenvalue weighted by Gasteiger charge is 2.33. The van der Waals surface area contributed by atoms with Crippen LogP contribution in [0.3, 0.4) is 0 Å². The van der Waals surface area contributed by atoms with E-state index < -0.39 is 27.5 Å². The van der Waals surface area contributed by atoms with Crippen LogP contribution in [0.25, 0.3) is 0 Å². The molecule has 3 rings (SSSR count). The molecule has 0 bridgehead atoms. The number of allylic oxidation sites excluding steroid dienone is 1. The molecule has 1 aromatic carbocycles. The number of aromatic nitrogens is 3. The lowest BCUT2D eigenvalue weighted by Crippen LogP contribution is -2.42. The van der Waals surface area contributed by atoms with Gasteiger partial charge in [-0.25, -0.2) is 12.8 Å². The number of rotatable bonds is 7. The number of hydrogen-bond donors (Lipinski definition) is 2. The van der Waals surface area contributed by atoms with Gasteiger partial charge in [0.2, 0.25) is 5.91 Å². The van der Waals surface area contributed by atoms with Crippen LogP contribution in [0.2, 0.25) is 0 Å². The SMILES string of the molecule is C=CCn1c(SCC(=O)NNC(=O)c2ccc(F)cc2)nnc1[C@H]1CCS(=O)(=O)C1. The number of nitrogens with one attached hydrogen (secondary N) is 2. The lowest BCUT2D eigenvalue weighted by molar-refractivity contribution is -0.119. The molecule has 30 heavy (non-hydrogen) atoms. The Morgan fingerprint density at radius 3 is 2.63 bits per heavy atom. The fourth-order valence-corrected chi connectivity index (χ4v) is 5.47. The van der Waals surface area contributed by atoms with Crippen molar-refractivity contribution in [1.29, 1.82) is 0 Å². The van der Waals surface area contributed by atoms with Gasteiger partial charge in [-0.2, -0.15) is 0 Å². The number of thioether (sulfide) groups is 1. The van der Waals surface area contributed by atoms with Crippen molar-refractivity contribution in [3.63, 3.8) is 0 Å². The van der Waals surface area contributed by atoms with Gasteiger partial charge < -0.3 is 4.57 Å². The van der Waals surface area contributed by atoms with Gasteiger partial charge >= 0.3 is 0 Å². The van der Waals surface area contributed by atoms with Crippen LogP contribution in [0.15, 0.2) is 42.1 Å². The summed E-state index contributed by atoms with van der Waals surface area (Å²) in [6, 6.07) is 4.89. The van der Waals surface area contributed by atoms with E-state index in [4.69, 9.17) is 0 Å². The molecule has 2 amide bonds. The van der Waals surface area contributed by atoms with Crippen molar-refractivity contribution in [2.45, 2.75) is 24.0 Å². The minimum Gasteiger partial charge on any atom is -0.302 e. The number of amides is 2. The second kappa shape index (κ2) is 9.39. The fraction of sp³-hybridized carbons (Fsp3) is 0.333. The van der Waals surface area contributed by atoms with Gasteiger partial charge in [0.25, 0.3) is 5.91 Å². The smallest absolute Gasteiger partial charge is 0.269 e. The topological polar surface area (TPSA) is 123 Å². The monoisotopic (exact) mass is 453 g/mol. The number of sulfone groups is 1. The Morgan fingerprint density at radius 2 is 2.00 bits per heavy atom. The summed E-state index contributed by atoms with van der Waals surface area (Å²) in [5.41, 5.74) is 4.73. The van der Waals surface area contributed by atoms with Crippen molar-refractivity contribution < 1.29 is 22.4 Å². The van der Waals surface area contributed by atoms with Crippen molar-refractivity contribution in [3.05, 3.63) is 54.1 Å². The summed E-state index contributed by atoms with van der Waals surface area (Å²) in [6.07, 6.45) is 2.13. The van der Waals surface area contributed by atoms with Gasteiger partial charge in [0.15, 0.2) is 15.0 Å². The Bertz CT molecular complexity index is 1050. The second-order valence-corrected chi connectivity index (χ2v) is 9.81. The van der Waals surface area contributed by atoms with Crippen LogP contribution in [0, 0.1) is 5.82 Å². The maximum absolute atomic E-state index is 12.9. The highest BCUT2D eigenvalue weighted by Crippen LogP contribution is 2.30. The maximum atomic E-state index is 12.9. The summed E-state index contributed by atoms with van der Waals surface area (Å²) in [5.74, 6) is -1.10. The molecule has 0 aliphatic carbocycles. The van der Waals surface area contributed by atoms with Crippen molar-refractivity contribution in [3.8, 4) is 0 Å². The molecule has 160 valence electrons. The van der Waals surface area contributed by atoms with E-state index in [1.54, 1.807) is 10.6 Å². The fourth-order valence-electron chi connectivity index (χ4n) is 2.97. The Kier molecular flexibility index (Phi) is 6.87. The average Bonchev–Trinajstić information content (AvgIpc) is 3.27. The number of halogens is 1. The zero-order valence-electron chi connectivity index (χ0n) is 15.9. The summed E-state index contributed by atoms with van der Waals surface area (Å²) in [5, 5.41) is 8.66. The van der Waals surface area contributed by atoms with E-state index in [0.717, 1.165) is 23.9 Å². The molecular weight excluding hydrogens is 433 g/mol. The third kappa shape index (κ3) is 5.45. The van der Waals surface area contributed by atoms with E-state index in [0.29, 0.717) is 23.9 Å². The standard InChI is InChI=1S/C18H20FN5O4S2/c1-2-8-24-16(13-7-9-30(27,28)11-13)21-23-18(24)29-10-15(25)20-22-17(26)12-3-5-14(19)6-4-12/h2-6,13H,1,7-11H2,(H,20,25)(H,22,26)/t13-/m0/s1. The minimum atomic E-state index is -3.07. The van der Waals surface area contributed by atoms with Gasteiger partial charge in [0, 0.05) is 18.0 Å². The molecule has 1 aromatic heterocycles. The van der Waals surface area contributed by atoms with Gasteiger partial charge in [-0.15, -0.1) is 16.8 Å². The largest absolute Gasteiger partial charge is 0.302 e. The highest BCUT2D eigenvalue weighted by atomic mass is 32.2. The zero-order chi connectivity index (χ0) is 21.7. The van der Waals surface area contributed by atoms with Crippen LogP contribution in [0.4, 0.5) is 4.39 Å². The zero-order valence-corrected chi connectivity index (χ0v) is 17.5.